The Balaban J connectivity index is 1.67. The number of hydrogen-bond acceptors (Lipinski definition) is 7. The summed E-state index contributed by atoms with van der Waals surface area (Å²) in [6.45, 7) is 0.0511. The van der Waals surface area contributed by atoms with E-state index in [1.807, 2.05) is 18.2 Å². The lowest BCUT2D eigenvalue weighted by Crippen LogP contribution is -2.41. The molecule has 1 unspecified atom stereocenters. The van der Waals surface area contributed by atoms with Gasteiger partial charge in [0.1, 0.15) is 12.6 Å². The third-order valence-electron chi connectivity index (χ3n) is 3.40. The number of alkyl carbamates (subject to hydrolysis) is 1. The van der Waals surface area contributed by atoms with Gasteiger partial charge in [0.15, 0.2) is 0 Å². The first-order valence-corrected chi connectivity index (χ1v) is 9.54. The number of nitrogens with one attached hydrogen (secondary N) is 2. The third-order valence-corrected chi connectivity index (χ3v) is 4.39. The van der Waals surface area contributed by atoms with E-state index in [0.29, 0.717) is 5.75 Å². The molecular formula is C18H20N4O5S. The molecule has 0 spiro atoms. The molecule has 1 aromatic heterocycles. The van der Waals surface area contributed by atoms with E-state index in [-0.39, 0.29) is 30.6 Å². The molecule has 3 N–H and O–H groups in total. The topological polar surface area (TPSA) is 131 Å². The van der Waals surface area contributed by atoms with Gasteiger partial charge in [-0.1, -0.05) is 30.3 Å². The van der Waals surface area contributed by atoms with Crippen molar-refractivity contribution in [2.45, 2.75) is 19.1 Å². The van der Waals surface area contributed by atoms with Crippen molar-refractivity contribution in [2.24, 2.45) is 0 Å². The largest absolute Gasteiger partial charge is 0.480 e. The van der Waals surface area contributed by atoms with Crippen LogP contribution >= 0.6 is 11.8 Å². The molecular weight excluding hydrogens is 384 g/mol. The molecule has 0 fully saturated rings. The number of ether oxygens (including phenoxy) is 1. The number of nitrogens with zero attached hydrogens (tertiary/aromatic N) is 2. The first-order chi connectivity index (χ1) is 13.5. The molecule has 0 saturated heterocycles. The van der Waals surface area contributed by atoms with E-state index in [9.17, 15) is 19.5 Å². The molecule has 9 nitrogen and oxygen atoms in total. The highest BCUT2D eigenvalue weighted by atomic mass is 32.2. The highest BCUT2D eigenvalue weighted by Gasteiger charge is 2.20. The molecule has 1 heterocycles. The molecule has 0 aliphatic heterocycles. The van der Waals surface area contributed by atoms with E-state index in [1.54, 1.807) is 18.2 Å². The fraction of sp³-hybridized carbons (Fsp3) is 0.278. The number of carboxylic acid groups (broad SMARTS) is 1. The monoisotopic (exact) mass is 404 g/mol. The highest BCUT2D eigenvalue weighted by molar-refractivity contribution is 7.99. The molecule has 2 aromatic rings. The summed E-state index contributed by atoms with van der Waals surface area (Å²) in [5, 5.41) is 14.1. The van der Waals surface area contributed by atoms with Gasteiger partial charge >= 0.3 is 12.1 Å². The zero-order valence-electron chi connectivity index (χ0n) is 14.9. The summed E-state index contributed by atoms with van der Waals surface area (Å²) < 4.78 is 5.02. The van der Waals surface area contributed by atoms with Crippen LogP contribution in [-0.2, 0) is 20.9 Å². The first-order valence-electron chi connectivity index (χ1n) is 8.39. The second kappa shape index (κ2) is 11.5. The van der Waals surface area contributed by atoms with Crippen molar-refractivity contribution in [3.8, 4) is 0 Å². The third kappa shape index (κ3) is 8.04. The maximum absolute atomic E-state index is 11.8. The second-order valence-corrected chi connectivity index (χ2v) is 6.66. The van der Waals surface area contributed by atoms with Crippen molar-refractivity contribution in [3.63, 3.8) is 0 Å². The Kier molecular flexibility index (Phi) is 8.73. The predicted molar refractivity (Wildman–Crippen MR) is 104 cm³/mol. The van der Waals surface area contributed by atoms with Gasteiger partial charge in [0.2, 0.25) is 11.9 Å². The quantitative estimate of drug-likeness (QED) is 0.512. The lowest BCUT2D eigenvalue weighted by Gasteiger charge is -2.14. The number of carbonyl (C=O) groups excluding carboxylic acids is 2. The SMILES string of the molecule is O=C(CSCCC(NC(=O)OCc1ccccc1)C(=O)O)Nc1ncccn1. The summed E-state index contributed by atoms with van der Waals surface area (Å²) in [6, 6.07) is 9.59. The summed E-state index contributed by atoms with van der Waals surface area (Å²) in [4.78, 5) is 42.6. The van der Waals surface area contributed by atoms with Crippen LogP contribution in [0.3, 0.4) is 0 Å². The summed E-state index contributed by atoms with van der Waals surface area (Å²) in [6.07, 6.45) is 2.36. The minimum absolute atomic E-state index is 0.0511. The van der Waals surface area contributed by atoms with Crippen molar-refractivity contribution in [1.82, 2.24) is 15.3 Å². The van der Waals surface area contributed by atoms with E-state index >= 15 is 0 Å². The van der Waals surface area contributed by atoms with Gasteiger partial charge in [-0.3, -0.25) is 10.1 Å². The van der Waals surface area contributed by atoms with Crippen LogP contribution in [0.5, 0.6) is 0 Å². The smallest absolute Gasteiger partial charge is 0.408 e. The van der Waals surface area contributed by atoms with Gasteiger partial charge in [-0.25, -0.2) is 19.6 Å². The Morgan fingerprint density at radius 1 is 1.11 bits per heavy atom. The summed E-state index contributed by atoms with van der Waals surface area (Å²) in [5.74, 6) is -0.778. The van der Waals surface area contributed by atoms with Gasteiger partial charge in [0.05, 0.1) is 5.75 Å². The predicted octanol–water partition coefficient (Wildman–Crippen LogP) is 1.92. The van der Waals surface area contributed by atoms with Crippen LogP contribution < -0.4 is 10.6 Å². The van der Waals surface area contributed by atoms with E-state index < -0.39 is 18.1 Å². The lowest BCUT2D eigenvalue weighted by molar-refractivity contribution is -0.139. The lowest BCUT2D eigenvalue weighted by atomic mass is 10.2. The van der Waals surface area contributed by atoms with Crippen LogP contribution in [-0.4, -0.2) is 50.6 Å². The van der Waals surface area contributed by atoms with Crippen molar-refractivity contribution >= 4 is 35.7 Å². The van der Waals surface area contributed by atoms with Crippen LogP contribution in [0.4, 0.5) is 10.7 Å². The number of hydrogen-bond donors (Lipinski definition) is 3. The zero-order valence-corrected chi connectivity index (χ0v) is 15.7. The number of amides is 2. The van der Waals surface area contributed by atoms with E-state index in [1.165, 1.54) is 24.2 Å². The Morgan fingerprint density at radius 2 is 1.82 bits per heavy atom. The Hall–Kier alpha value is -3.14. The average Bonchev–Trinajstić information content (AvgIpc) is 2.70. The van der Waals surface area contributed by atoms with Crippen molar-refractivity contribution in [2.75, 3.05) is 16.8 Å². The van der Waals surface area contributed by atoms with Crippen molar-refractivity contribution in [3.05, 3.63) is 54.4 Å². The zero-order chi connectivity index (χ0) is 20.2. The second-order valence-electron chi connectivity index (χ2n) is 5.56. The number of carbonyl (C=O) groups is 3. The van der Waals surface area contributed by atoms with E-state index in [4.69, 9.17) is 4.74 Å². The number of aromatic nitrogens is 2. The number of benzene rings is 1. The minimum Gasteiger partial charge on any atom is -0.480 e. The maximum atomic E-state index is 11.8. The first kappa shape index (κ1) is 21.2. The molecule has 28 heavy (non-hydrogen) atoms. The van der Waals surface area contributed by atoms with Crippen LogP contribution in [0, 0.1) is 0 Å². The number of anilines is 1. The Labute approximate surface area is 165 Å². The van der Waals surface area contributed by atoms with Gasteiger partial charge < -0.3 is 15.2 Å². The molecule has 10 heteroatoms. The van der Waals surface area contributed by atoms with Gasteiger partial charge in [0.25, 0.3) is 0 Å². The summed E-state index contributed by atoms with van der Waals surface area (Å²) in [5.41, 5.74) is 0.800. The molecule has 0 aliphatic carbocycles. The number of rotatable bonds is 10. The van der Waals surface area contributed by atoms with Crippen molar-refractivity contribution < 1.29 is 24.2 Å². The van der Waals surface area contributed by atoms with Crippen LogP contribution in [0.2, 0.25) is 0 Å². The van der Waals surface area contributed by atoms with Gasteiger partial charge in [0, 0.05) is 12.4 Å². The van der Waals surface area contributed by atoms with Crippen LogP contribution in [0.15, 0.2) is 48.8 Å². The molecule has 0 saturated carbocycles. The summed E-state index contributed by atoms with van der Waals surface area (Å²) >= 11 is 1.24. The standard InChI is InChI=1S/C18H20N4O5S/c23-15(22-17-19-8-4-9-20-17)12-28-10-7-14(16(24)25)21-18(26)27-11-13-5-2-1-3-6-13/h1-6,8-9,14H,7,10-12H2,(H,21,26)(H,24,25)(H,19,20,22,23). The number of carboxylic acids is 1. The van der Waals surface area contributed by atoms with E-state index in [2.05, 4.69) is 20.6 Å². The molecule has 0 aliphatic rings. The van der Waals surface area contributed by atoms with Crippen molar-refractivity contribution in [1.29, 1.82) is 0 Å². The molecule has 1 atom stereocenters. The molecule has 2 rings (SSSR count). The molecule has 1 aromatic carbocycles. The Bertz CT molecular complexity index is 776. The fourth-order valence-electron chi connectivity index (χ4n) is 2.05. The number of aliphatic carboxylic acids is 1. The van der Waals surface area contributed by atoms with Gasteiger partial charge in [-0.2, -0.15) is 11.8 Å². The molecule has 0 radical (unpaired) electrons. The minimum atomic E-state index is -1.17. The fourth-order valence-corrected chi connectivity index (χ4v) is 2.86. The van der Waals surface area contributed by atoms with Gasteiger partial charge in [-0.05, 0) is 23.8 Å². The van der Waals surface area contributed by atoms with E-state index in [0.717, 1.165) is 5.56 Å². The van der Waals surface area contributed by atoms with Crippen LogP contribution in [0.1, 0.15) is 12.0 Å². The number of thioether (sulfide) groups is 1. The van der Waals surface area contributed by atoms with Crippen LogP contribution in [0.25, 0.3) is 0 Å². The maximum Gasteiger partial charge on any atom is 0.408 e. The summed E-state index contributed by atoms with van der Waals surface area (Å²) in [7, 11) is 0. The van der Waals surface area contributed by atoms with Gasteiger partial charge in [-0.15, -0.1) is 0 Å². The average molecular weight is 404 g/mol. The Morgan fingerprint density at radius 3 is 2.50 bits per heavy atom. The highest BCUT2D eigenvalue weighted by Crippen LogP contribution is 2.07. The molecule has 148 valence electrons. The molecule has 2 amide bonds. The normalized spacial score (nSPS) is 11.3. The molecule has 0 bridgehead atoms.